The number of fused-ring (bicyclic) bond motifs is 1. The van der Waals surface area contributed by atoms with Gasteiger partial charge in [0.2, 0.25) is 6.33 Å². The van der Waals surface area contributed by atoms with E-state index in [2.05, 4.69) is 34.5 Å². The Labute approximate surface area is 131 Å². The molecule has 4 heteroatoms. The highest BCUT2D eigenvalue weighted by Gasteiger charge is 2.25. The molecule has 0 unspecified atom stereocenters. The van der Waals surface area contributed by atoms with Gasteiger partial charge in [0.05, 0.1) is 6.54 Å². The molecule has 0 spiro atoms. The van der Waals surface area contributed by atoms with Gasteiger partial charge in [-0.2, -0.15) is 0 Å². The molecule has 0 amide bonds. The van der Waals surface area contributed by atoms with Crippen LogP contribution in [-0.2, 0) is 17.9 Å². The summed E-state index contributed by atoms with van der Waals surface area (Å²) >= 11 is 0. The fraction of sp³-hybridized carbons (Fsp3) is 0.500. The van der Waals surface area contributed by atoms with Crippen molar-refractivity contribution < 1.29 is 26.3 Å². The Hall–Kier alpha value is -1.16. The topological polar surface area (TPSA) is 25.9 Å². The normalized spacial score (nSPS) is 11.4. The van der Waals surface area contributed by atoms with E-state index in [9.17, 15) is 4.79 Å². The minimum absolute atomic E-state index is 0. The fourth-order valence-corrected chi connectivity index (χ4v) is 2.18. The van der Waals surface area contributed by atoms with E-state index >= 15 is 0 Å². The third-order valence-electron chi connectivity index (χ3n) is 3.39. The molecule has 2 rings (SSSR count). The third-order valence-corrected chi connectivity index (χ3v) is 3.39. The van der Waals surface area contributed by atoms with Crippen LogP contribution in [0.15, 0.2) is 30.6 Å². The molecule has 0 aliphatic carbocycles. The molecule has 0 saturated heterocycles. The van der Waals surface area contributed by atoms with Crippen molar-refractivity contribution in [1.82, 2.24) is 4.57 Å². The first-order valence-electron chi connectivity index (χ1n) is 6.94. The summed E-state index contributed by atoms with van der Waals surface area (Å²) in [6.07, 6.45) is 3.16. The molecular formula is C16H23BrN2O. The van der Waals surface area contributed by atoms with E-state index in [1.54, 1.807) is 0 Å². The summed E-state index contributed by atoms with van der Waals surface area (Å²) < 4.78 is 4.30. The van der Waals surface area contributed by atoms with E-state index in [0.717, 1.165) is 18.5 Å². The van der Waals surface area contributed by atoms with Crippen LogP contribution >= 0.6 is 0 Å². The van der Waals surface area contributed by atoms with Crippen LogP contribution in [0.5, 0.6) is 0 Å². The van der Waals surface area contributed by atoms with Crippen molar-refractivity contribution in [2.24, 2.45) is 5.41 Å². The van der Waals surface area contributed by atoms with Crippen LogP contribution < -0.4 is 21.5 Å². The predicted octanol–water partition coefficient (Wildman–Crippen LogP) is -0.0420. The number of hydrogen-bond acceptors (Lipinski definition) is 1. The molecule has 1 aromatic carbocycles. The lowest BCUT2D eigenvalue weighted by molar-refractivity contribution is -0.659. The summed E-state index contributed by atoms with van der Waals surface area (Å²) in [6.45, 7) is 9.51. The Morgan fingerprint density at radius 1 is 1.25 bits per heavy atom. The fourth-order valence-electron chi connectivity index (χ4n) is 2.18. The molecule has 0 fully saturated rings. The minimum Gasteiger partial charge on any atom is -1.00 e. The van der Waals surface area contributed by atoms with Gasteiger partial charge >= 0.3 is 0 Å². The number of aromatic nitrogens is 2. The lowest BCUT2D eigenvalue weighted by Gasteiger charge is -2.14. The van der Waals surface area contributed by atoms with Crippen molar-refractivity contribution in [1.29, 1.82) is 0 Å². The molecule has 0 aliphatic rings. The minimum atomic E-state index is -0.291. The molecule has 0 aliphatic heterocycles. The number of nitrogens with zero attached hydrogens (tertiary/aromatic N) is 2. The maximum atomic E-state index is 12.2. The van der Waals surface area contributed by atoms with Crippen LogP contribution in [0, 0.1) is 5.41 Å². The first-order valence-corrected chi connectivity index (χ1v) is 6.94. The Morgan fingerprint density at radius 3 is 2.50 bits per heavy atom. The van der Waals surface area contributed by atoms with E-state index < -0.39 is 0 Å². The number of benzene rings is 1. The smallest absolute Gasteiger partial charge is 0.245 e. The number of halogens is 1. The molecule has 0 atom stereocenters. The van der Waals surface area contributed by atoms with Gasteiger partial charge in [-0.15, -0.1) is 0 Å². The molecule has 0 bridgehead atoms. The van der Waals surface area contributed by atoms with Gasteiger partial charge < -0.3 is 17.0 Å². The van der Waals surface area contributed by atoms with Gasteiger partial charge in [0.15, 0.2) is 16.8 Å². The zero-order valence-corrected chi connectivity index (χ0v) is 14.3. The van der Waals surface area contributed by atoms with Crippen molar-refractivity contribution in [2.45, 2.75) is 47.2 Å². The van der Waals surface area contributed by atoms with Crippen molar-refractivity contribution in [3.63, 3.8) is 0 Å². The highest BCUT2D eigenvalue weighted by atomic mass is 79.9. The number of para-hydroxylation sites is 2. The van der Waals surface area contributed by atoms with Gasteiger partial charge in [-0.25, -0.2) is 9.13 Å². The molecule has 0 saturated carbocycles. The third kappa shape index (κ3) is 3.48. The van der Waals surface area contributed by atoms with Crippen LogP contribution in [0.1, 0.15) is 34.1 Å². The molecule has 1 heterocycles. The molecule has 3 nitrogen and oxygen atoms in total. The Morgan fingerprint density at radius 2 is 1.90 bits per heavy atom. The summed E-state index contributed by atoms with van der Waals surface area (Å²) in [5, 5.41) is 0. The van der Waals surface area contributed by atoms with Crippen LogP contribution in [-0.4, -0.2) is 10.4 Å². The van der Waals surface area contributed by atoms with Gasteiger partial charge in [-0.05, 0) is 18.6 Å². The quantitative estimate of drug-likeness (QED) is 0.718. The molecule has 20 heavy (non-hydrogen) atoms. The summed E-state index contributed by atoms with van der Waals surface area (Å²) in [5.74, 6) is 0.261. The largest absolute Gasteiger partial charge is 1.00 e. The van der Waals surface area contributed by atoms with E-state index in [1.807, 2.05) is 32.9 Å². The molecule has 110 valence electrons. The zero-order valence-electron chi connectivity index (χ0n) is 12.7. The summed E-state index contributed by atoms with van der Waals surface area (Å²) in [4.78, 5) is 12.2. The average molecular weight is 339 g/mol. The van der Waals surface area contributed by atoms with Crippen LogP contribution in [0.4, 0.5) is 0 Å². The van der Waals surface area contributed by atoms with Crippen molar-refractivity contribution in [2.75, 3.05) is 0 Å². The van der Waals surface area contributed by atoms with Gasteiger partial charge in [0.25, 0.3) is 0 Å². The number of hydrogen-bond donors (Lipinski definition) is 0. The Kier molecular flexibility index (Phi) is 5.51. The van der Waals surface area contributed by atoms with Crippen LogP contribution in [0.2, 0.25) is 0 Å². The maximum Gasteiger partial charge on any atom is 0.245 e. The lowest BCUT2D eigenvalue weighted by atomic mass is 9.91. The van der Waals surface area contributed by atoms with Crippen molar-refractivity contribution >= 4 is 16.8 Å². The van der Waals surface area contributed by atoms with Crippen molar-refractivity contribution in [3.8, 4) is 0 Å². The van der Waals surface area contributed by atoms with Crippen LogP contribution in [0.25, 0.3) is 11.0 Å². The average Bonchev–Trinajstić information content (AvgIpc) is 2.68. The second-order valence-corrected chi connectivity index (χ2v) is 6.10. The van der Waals surface area contributed by atoms with Gasteiger partial charge in [0, 0.05) is 5.41 Å². The van der Waals surface area contributed by atoms with Gasteiger partial charge in [-0.3, -0.25) is 4.79 Å². The number of ketones is 1. The molecule has 0 radical (unpaired) electrons. The lowest BCUT2D eigenvalue weighted by Crippen LogP contribution is -3.00. The second-order valence-electron chi connectivity index (χ2n) is 6.10. The Balaban J connectivity index is 0.00000200. The molecule has 0 N–H and O–H groups in total. The number of carbonyl (C=O) groups is 1. The van der Waals surface area contributed by atoms with Crippen molar-refractivity contribution in [3.05, 3.63) is 30.6 Å². The zero-order chi connectivity index (χ0) is 14.0. The maximum absolute atomic E-state index is 12.2. The number of rotatable bonds is 4. The predicted molar refractivity (Wildman–Crippen MR) is 76.9 cm³/mol. The number of carbonyl (C=O) groups excluding carboxylic acids is 1. The monoisotopic (exact) mass is 338 g/mol. The number of aryl methyl sites for hydroxylation is 1. The molecule has 1 aromatic heterocycles. The van der Waals surface area contributed by atoms with E-state index in [1.165, 1.54) is 5.52 Å². The summed E-state index contributed by atoms with van der Waals surface area (Å²) in [7, 11) is 0. The molecular weight excluding hydrogens is 316 g/mol. The first kappa shape index (κ1) is 16.9. The summed E-state index contributed by atoms with van der Waals surface area (Å²) in [6, 6.07) is 8.27. The van der Waals surface area contributed by atoms with E-state index in [4.69, 9.17) is 0 Å². The first-order chi connectivity index (χ1) is 8.93. The Bertz CT molecular complexity index is 596. The highest BCUT2D eigenvalue weighted by Crippen LogP contribution is 2.16. The standard InChI is InChI=1S/C16H23N2O.BrH/c1-5-10-17-12-18(11-15(19)16(2,3)4)14-9-7-6-8-13(14)17;/h6-9,12H,5,10-11H2,1-4H3;1H/q+1;/p-1. The molecule has 2 aromatic rings. The second kappa shape index (κ2) is 6.53. The van der Waals surface area contributed by atoms with Gasteiger partial charge in [0.1, 0.15) is 6.54 Å². The SMILES string of the molecule is CCCn1c[n+](CC(=O)C(C)(C)C)c2ccccc21.[Br-]. The summed E-state index contributed by atoms with van der Waals surface area (Å²) in [5.41, 5.74) is 2.04. The van der Waals surface area contributed by atoms with E-state index in [-0.39, 0.29) is 28.2 Å². The van der Waals surface area contributed by atoms with Crippen LogP contribution in [0.3, 0.4) is 0 Å². The number of imidazole rings is 1. The highest BCUT2D eigenvalue weighted by molar-refractivity contribution is 5.83. The van der Waals surface area contributed by atoms with Gasteiger partial charge in [-0.1, -0.05) is 39.8 Å². The number of Topliss-reactive ketones (excluding diaryl/α,β-unsaturated/α-hetero) is 1. The van der Waals surface area contributed by atoms with E-state index in [0.29, 0.717) is 6.54 Å².